The molecule has 3 aromatic rings. The van der Waals surface area contributed by atoms with Crippen molar-refractivity contribution in [1.29, 1.82) is 0 Å². The summed E-state index contributed by atoms with van der Waals surface area (Å²) in [5.74, 6) is 2.75. The lowest BCUT2D eigenvalue weighted by Gasteiger charge is -2.34. The zero-order chi connectivity index (χ0) is 31.7. The van der Waals surface area contributed by atoms with Gasteiger partial charge in [0.2, 0.25) is 21.8 Å². The first-order chi connectivity index (χ1) is 21.1. The van der Waals surface area contributed by atoms with Gasteiger partial charge in [-0.15, -0.1) is 12.4 Å². The summed E-state index contributed by atoms with van der Waals surface area (Å²) in [4.78, 5) is 43.5. The molecule has 0 spiro atoms. The molecule has 1 aliphatic heterocycles. The zero-order valence-corrected chi connectivity index (χ0v) is 26.6. The summed E-state index contributed by atoms with van der Waals surface area (Å²) in [5.41, 5.74) is 0.821. The van der Waals surface area contributed by atoms with E-state index in [1.807, 2.05) is 47.4 Å². The highest BCUT2D eigenvalue weighted by Crippen LogP contribution is 2.21. The molecule has 12 nitrogen and oxygen atoms in total. The number of nitrogens with two attached hydrogens (primary N) is 1. The van der Waals surface area contributed by atoms with E-state index in [-0.39, 0.29) is 36.3 Å². The number of likely N-dealkylation sites (N-methyl/N-ethyl adjacent to an activating group) is 1. The Morgan fingerprint density at radius 1 is 1.09 bits per heavy atom. The Kier molecular flexibility index (Phi) is 12.7. The molecule has 0 unspecified atom stereocenters. The molecule has 4 rings (SSSR count). The molecule has 0 radical (unpaired) electrons. The largest absolute Gasteiger partial charge is 0.480 e. The summed E-state index contributed by atoms with van der Waals surface area (Å²) in [6.07, 6.45) is 2.52. The number of hydrogen-bond acceptors (Lipinski definition) is 7. The van der Waals surface area contributed by atoms with Gasteiger partial charge in [0.05, 0.1) is 11.3 Å². The van der Waals surface area contributed by atoms with E-state index in [0.717, 1.165) is 30.3 Å². The van der Waals surface area contributed by atoms with Gasteiger partial charge in [-0.2, -0.15) is 9.82 Å². The van der Waals surface area contributed by atoms with E-state index in [0.29, 0.717) is 11.9 Å². The lowest BCUT2D eigenvalue weighted by molar-refractivity contribution is -0.146. The number of carboxylic acids is 1. The second-order valence-electron chi connectivity index (χ2n) is 11.0. The topological polar surface area (TPSA) is 166 Å². The number of hydrazone groups is 1. The predicted molar refractivity (Wildman–Crippen MR) is 174 cm³/mol. The normalized spacial score (nSPS) is 15.8. The molecule has 45 heavy (non-hydrogen) atoms. The molecule has 2 atom stereocenters. The molecule has 1 heterocycles. The first kappa shape index (κ1) is 35.3. The monoisotopic (exact) mass is 658 g/mol. The second-order valence-corrected chi connectivity index (χ2v) is 12.7. The number of hydrogen-bond donors (Lipinski definition) is 3. The van der Waals surface area contributed by atoms with Crippen LogP contribution in [-0.4, -0.2) is 91.6 Å². The fourth-order valence-corrected chi connectivity index (χ4v) is 6.67. The molecular weight excluding hydrogens is 620 g/mol. The van der Waals surface area contributed by atoms with Gasteiger partial charge in [0, 0.05) is 33.2 Å². The van der Waals surface area contributed by atoms with Gasteiger partial charge in [0.1, 0.15) is 18.9 Å². The molecule has 0 aromatic heterocycles. The average molecular weight is 659 g/mol. The summed E-state index contributed by atoms with van der Waals surface area (Å²) < 4.78 is 29.6. The first-order valence-electron chi connectivity index (χ1n) is 14.3. The number of nitrogens with one attached hydrogen (secondary N) is 1. The van der Waals surface area contributed by atoms with E-state index in [4.69, 9.17) is 5.84 Å². The van der Waals surface area contributed by atoms with E-state index in [9.17, 15) is 27.9 Å². The Morgan fingerprint density at radius 3 is 2.47 bits per heavy atom. The number of benzene rings is 3. The number of halogens is 1. The third kappa shape index (κ3) is 9.90. The molecular formula is C31H39ClN6O6S. The van der Waals surface area contributed by atoms with Gasteiger partial charge in [0.15, 0.2) is 0 Å². The third-order valence-corrected chi connectivity index (χ3v) is 9.05. The summed E-state index contributed by atoms with van der Waals surface area (Å²) >= 11 is 0. The first-order valence-corrected chi connectivity index (χ1v) is 15.8. The third-order valence-electron chi connectivity index (χ3n) is 7.58. The van der Waals surface area contributed by atoms with Crippen molar-refractivity contribution in [1.82, 2.24) is 19.4 Å². The molecule has 14 heteroatoms. The zero-order valence-electron chi connectivity index (χ0n) is 25.0. The number of aliphatic carboxylic acids is 1. The van der Waals surface area contributed by atoms with Crippen molar-refractivity contribution in [3.8, 4) is 0 Å². The van der Waals surface area contributed by atoms with E-state index < -0.39 is 46.8 Å². The minimum atomic E-state index is -4.26. The number of piperidine rings is 1. The highest BCUT2D eigenvalue weighted by Gasteiger charge is 2.33. The van der Waals surface area contributed by atoms with Crippen LogP contribution in [0.25, 0.3) is 10.8 Å². The van der Waals surface area contributed by atoms with Gasteiger partial charge >= 0.3 is 5.97 Å². The molecule has 1 saturated heterocycles. The standard InChI is InChI=1S/C31H38N6O6S.ClH/c1-35(18-23-8-3-2-4-9-23)31(41)28(34-44(42,43)27-14-13-25-11-5-6-12-26(25)16-27)17-29(38)37(21-30(39)40)20-24-10-7-15-36(19-24)22-33-32;/h2-6,8-9,11-14,16,22,24,28,34H,7,10,15,17-21,32H2,1H3,(H,39,40);1H/t24-,28+;/m1./s1. The number of amides is 2. The van der Waals surface area contributed by atoms with Gasteiger partial charge < -0.3 is 25.6 Å². The maximum absolute atomic E-state index is 13.7. The lowest BCUT2D eigenvalue weighted by atomic mass is 9.97. The Hall–Kier alpha value is -4.20. The Balaban J connectivity index is 0.00000552. The Bertz CT molecular complexity index is 1610. The maximum atomic E-state index is 13.7. The van der Waals surface area contributed by atoms with Crippen molar-refractivity contribution in [3.05, 3.63) is 78.4 Å². The highest BCUT2D eigenvalue weighted by molar-refractivity contribution is 7.89. The molecule has 2 amide bonds. The number of likely N-dealkylation sites (tertiary alicyclic amines) is 1. The van der Waals surface area contributed by atoms with Crippen molar-refractivity contribution < 1.29 is 27.9 Å². The van der Waals surface area contributed by atoms with E-state index in [1.165, 1.54) is 35.3 Å². The summed E-state index contributed by atoms with van der Waals surface area (Å²) in [6, 6.07) is 19.6. The molecule has 0 bridgehead atoms. The van der Waals surface area contributed by atoms with E-state index >= 15 is 0 Å². The van der Waals surface area contributed by atoms with Gasteiger partial charge in [-0.3, -0.25) is 14.4 Å². The summed E-state index contributed by atoms with van der Waals surface area (Å²) in [5, 5.41) is 14.7. The minimum Gasteiger partial charge on any atom is -0.480 e. The van der Waals surface area contributed by atoms with Crippen LogP contribution < -0.4 is 10.6 Å². The van der Waals surface area contributed by atoms with Crippen LogP contribution in [0.4, 0.5) is 0 Å². The van der Waals surface area contributed by atoms with Crippen LogP contribution in [-0.2, 0) is 31.0 Å². The van der Waals surface area contributed by atoms with E-state index in [1.54, 1.807) is 18.2 Å². The average Bonchev–Trinajstić information content (AvgIpc) is 3.00. The van der Waals surface area contributed by atoms with Gasteiger partial charge in [-0.1, -0.05) is 60.7 Å². The maximum Gasteiger partial charge on any atom is 0.323 e. The second kappa shape index (κ2) is 16.2. The number of nitrogens with zero attached hydrogens (tertiary/aromatic N) is 4. The summed E-state index contributed by atoms with van der Waals surface area (Å²) in [6.45, 7) is 0.990. The van der Waals surface area contributed by atoms with Gasteiger partial charge in [0.25, 0.3) is 0 Å². The van der Waals surface area contributed by atoms with Crippen LogP contribution in [0.3, 0.4) is 0 Å². The van der Waals surface area contributed by atoms with E-state index in [2.05, 4.69) is 9.82 Å². The van der Waals surface area contributed by atoms with Gasteiger partial charge in [-0.25, -0.2) is 8.42 Å². The molecule has 4 N–H and O–H groups in total. The number of rotatable bonds is 13. The van der Waals surface area contributed by atoms with Crippen LogP contribution in [0.1, 0.15) is 24.8 Å². The Labute approximate surface area is 269 Å². The summed E-state index contributed by atoms with van der Waals surface area (Å²) in [7, 11) is -2.73. The molecule has 3 aromatic carbocycles. The molecule has 1 aliphatic rings. The number of carbonyl (C=O) groups excluding carboxylic acids is 2. The van der Waals surface area contributed by atoms with Crippen LogP contribution in [0, 0.1) is 5.92 Å². The van der Waals surface area contributed by atoms with Crippen molar-refractivity contribution in [2.45, 2.75) is 36.7 Å². The van der Waals surface area contributed by atoms with Gasteiger partial charge in [-0.05, 0) is 47.2 Å². The van der Waals surface area contributed by atoms with Crippen LogP contribution in [0.2, 0.25) is 0 Å². The minimum absolute atomic E-state index is 0. The molecule has 242 valence electrons. The number of sulfonamides is 1. The number of carbonyl (C=O) groups is 3. The number of carboxylic acid groups (broad SMARTS) is 1. The number of fused-ring (bicyclic) bond motifs is 1. The highest BCUT2D eigenvalue weighted by atomic mass is 35.5. The quantitative estimate of drug-likeness (QED) is 0.109. The SMILES string of the molecule is CN(Cc1ccccc1)C(=O)[C@H](CC(=O)N(CC(=O)O)C[C@@H]1CCCN(C=NN)C1)NS(=O)(=O)c1ccc2ccccc2c1.Cl. The molecule has 0 aliphatic carbocycles. The van der Waals surface area contributed by atoms with Crippen molar-refractivity contribution in [2.24, 2.45) is 16.9 Å². The van der Waals surface area contributed by atoms with Crippen molar-refractivity contribution in [3.63, 3.8) is 0 Å². The van der Waals surface area contributed by atoms with Crippen LogP contribution in [0.5, 0.6) is 0 Å². The van der Waals surface area contributed by atoms with Crippen molar-refractivity contribution >= 4 is 57.3 Å². The van der Waals surface area contributed by atoms with Crippen molar-refractivity contribution in [2.75, 3.05) is 33.2 Å². The lowest BCUT2D eigenvalue weighted by Crippen LogP contribution is -2.51. The predicted octanol–water partition coefficient (Wildman–Crippen LogP) is 2.48. The fraction of sp³-hybridized carbons (Fsp3) is 0.355. The fourth-order valence-electron chi connectivity index (χ4n) is 5.45. The molecule has 0 saturated carbocycles. The van der Waals surface area contributed by atoms with Crippen LogP contribution >= 0.6 is 12.4 Å². The Morgan fingerprint density at radius 2 is 1.78 bits per heavy atom. The smallest absolute Gasteiger partial charge is 0.323 e. The van der Waals surface area contributed by atoms with Crippen LogP contribution in [0.15, 0.2) is 82.8 Å². The molecule has 1 fully saturated rings.